The SMILES string of the molecule is NCC[C@H](N)c1ccccc1Cl. The smallest absolute Gasteiger partial charge is 0.0453 e. The third-order valence-corrected chi connectivity index (χ3v) is 2.13. The van der Waals surface area contributed by atoms with Crippen LogP contribution in [-0.2, 0) is 0 Å². The molecule has 1 rings (SSSR count). The van der Waals surface area contributed by atoms with Crippen molar-refractivity contribution in [1.29, 1.82) is 0 Å². The molecular formula is C9H13ClN2. The van der Waals surface area contributed by atoms with Gasteiger partial charge in [-0.15, -0.1) is 0 Å². The molecule has 0 bridgehead atoms. The van der Waals surface area contributed by atoms with E-state index in [4.69, 9.17) is 23.1 Å². The number of halogens is 1. The van der Waals surface area contributed by atoms with E-state index in [-0.39, 0.29) is 6.04 Å². The molecule has 0 aromatic heterocycles. The number of hydrogen-bond donors (Lipinski definition) is 2. The first-order valence-electron chi connectivity index (χ1n) is 3.95. The molecule has 0 aliphatic heterocycles. The maximum absolute atomic E-state index is 5.93. The van der Waals surface area contributed by atoms with Gasteiger partial charge in [0.15, 0.2) is 0 Å². The Hall–Kier alpha value is -0.570. The molecule has 1 aromatic rings. The van der Waals surface area contributed by atoms with Crippen molar-refractivity contribution in [3.63, 3.8) is 0 Å². The fourth-order valence-electron chi connectivity index (χ4n) is 1.11. The Morgan fingerprint density at radius 3 is 2.58 bits per heavy atom. The second kappa shape index (κ2) is 4.45. The molecule has 4 N–H and O–H groups in total. The van der Waals surface area contributed by atoms with Crippen molar-refractivity contribution >= 4 is 11.6 Å². The third kappa shape index (κ3) is 2.21. The van der Waals surface area contributed by atoms with Gasteiger partial charge >= 0.3 is 0 Å². The largest absolute Gasteiger partial charge is 0.330 e. The average Bonchev–Trinajstić information content (AvgIpc) is 2.05. The van der Waals surface area contributed by atoms with E-state index in [2.05, 4.69) is 0 Å². The van der Waals surface area contributed by atoms with Crippen molar-refractivity contribution in [2.45, 2.75) is 12.5 Å². The van der Waals surface area contributed by atoms with Crippen molar-refractivity contribution in [2.75, 3.05) is 6.54 Å². The molecule has 0 heterocycles. The van der Waals surface area contributed by atoms with Crippen LogP contribution in [0.1, 0.15) is 18.0 Å². The number of hydrogen-bond acceptors (Lipinski definition) is 2. The van der Waals surface area contributed by atoms with E-state index < -0.39 is 0 Å². The van der Waals surface area contributed by atoms with Gasteiger partial charge < -0.3 is 11.5 Å². The molecule has 0 aliphatic carbocycles. The van der Waals surface area contributed by atoms with Gasteiger partial charge in [0, 0.05) is 11.1 Å². The molecule has 0 spiro atoms. The molecule has 0 saturated carbocycles. The van der Waals surface area contributed by atoms with E-state index in [0.29, 0.717) is 6.54 Å². The number of benzene rings is 1. The molecule has 0 aliphatic rings. The first kappa shape index (κ1) is 9.52. The normalized spacial score (nSPS) is 12.9. The highest BCUT2D eigenvalue weighted by molar-refractivity contribution is 6.31. The standard InChI is InChI=1S/C9H13ClN2/c10-8-4-2-1-3-7(8)9(12)5-6-11/h1-4,9H,5-6,11-12H2/t9-/m0/s1. The lowest BCUT2D eigenvalue weighted by atomic mass is 10.1. The predicted molar refractivity (Wildman–Crippen MR) is 52.1 cm³/mol. The van der Waals surface area contributed by atoms with Crippen LogP contribution in [0.2, 0.25) is 5.02 Å². The Balaban J connectivity index is 2.79. The van der Waals surface area contributed by atoms with Crippen molar-refractivity contribution in [2.24, 2.45) is 11.5 Å². The molecule has 0 saturated heterocycles. The van der Waals surface area contributed by atoms with Crippen LogP contribution in [0.25, 0.3) is 0 Å². The fraction of sp³-hybridized carbons (Fsp3) is 0.333. The molecule has 12 heavy (non-hydrogen) atoms. The molecule has 1 aromatic carbocycles. The van der Waals surface area contributed by atoms with Gasteiger partial charge in [0.1, 0.15) is 0 Å². The molecule has 66 valence electrons. The molecule has 3 heteroatoms. The minimum absolute atomic E-state index is 0.0382. The molecule has 0 radical (unpaired) electrons. The summed E-state index contributed by atoms with van der Waals surface area (Å²) in [5.41, 5.74) is 12.2. The summed E-state index contributed by atoms with van der Waals surface area (Å²) in [5, 5.41) is 0.721. The van der Waals surface area contributed by atoms with E-state index in [1.165, 1.54) is 0 Å². The Kier molecular flexibility index (Phi) is 3.53. The van der Waals surface area contributed by atoms with E-state index in [1.807, 2.05) is 24.3 Å². The third-order valence-electron chi connectivity index (χ3n) is 1.78. The molecule has 0 amide bonds. The first-order valence-corrected chi connectivity index (χ1v) is 4.33. The monoisotopic (exact) mass is 184 g/mol. The van der Waals surface area contributed by atoms with E-state index in [1.54, 1.807) is 0 Å². The van der Waals surface area contributed by atoms with Crippen molar-refractivity contribution < 1.29 is 0 Å². The van der Waals surface area contributed by atoms with Crippen LogP contribution in [-0.4, -0.2) is 6.54 Å². The summed E-state index contributed by atoms with van der Waals surface area (Å²) in [6.45, 7) is 0.590. The lowest BCUT2D eigenvalue weighted by Gasteiger charge is -2.11. The maximum atomic E-state index is 5.93. The highest BCUT2D eigenvalue weighted by Gasteiger charge is 2.07. The van der Waals surface area contributed by atoms with Gasteiger partial charge in [-0.1, -0.05) is 29.8 Å². The van der Waals surface area contributed by atoms with E-state index in [0.717, 1.165) is 17.0 Å². The van der Waals surface area contributed by atoms with Crippen LogP contribution in [0.4, 0.5) is 0 Å². The fourth-order valence-corrected chi connectivity index (χ4v) is 1.39. The highest BCUT2D eigenvalue weighted by atomic mass is 35.5. The minimum Gasteiger partial charge on any atom is -0.330 e. The predicted octanol–water partition coefficient (Wildman–Crippen LogP) is 1.69. The molecule has 1 atom stereocenters. The Morgan fingerprint density at radius 1 is 1.33 bits per heavy atom. The summed E-state index contributed by atoms with van der Waals surface area (Å²) >= 11 is 5.93. The van der Waals surface area contributed by atoms with Gasteiger partial charge in [-0.05, 0) is 24.6 Å². The summed E-state index contributed by atoms with van der Waals surface area (Å²) in [5.74, 6) is 0. The Bertz CT molecular complexity index is 250. The zero-order valence-electron chi connectivity index (χ0n) is 6.83. The zero-order valence-corrected chi connectivity index (χ0v) is 7.59. The lowest BCUT2D eigenvalue weighted by molar-refractivity contribution is 0.661. The summed E-state index contributed by atoms with van der Waals surface area (Å²) in [4.78, 5) is 0. The van der Waals surface area contributed by atoms with Gasteiger partial charge in [0.2, 0.25) is 0 Å². The quantitative estimate of drug-likeness (QED) is 0.751. The lowest BCUT2D eigenvalue weighted by Crippen LogP contribution is -2.15. The van der Waals surface area contributed by atoms with Crippen LogP contribution < -0.4 is 11.5 Å². The molecule has 0 fully saturated rings. The van der Waals surface area contributed by atoms with Crippen LogP contribution in [0.15, 0.2) is 24.3 Å². The average molecular weight is 185 g/mol. The molecular weight excluding hydrogens is 172 g/mol. The van der Waals surface area contributed by atoms with Crippen molar-refractivity contribution in [1.82, 2.24) is 0 Å². The van der Waals surface area contributed by atoms with Gasteiger partial charge in [-0.3, -0.25) is 0 Å². The zero-order chi connectivity index (χ0) is 8.97. The van der Waals surface area contributed by atoms with Crippen LogP contribution >= 0.6 is 11.6 Å². The Labute approximate surface area is 77.5 Å². The van der Waals surface area contributed by atoms with Crippen LogP contribution in [0.5, 0.6) is 0 Å². The molecule has 0 unspecified atom stereocenters. The van der Waals surface area contributed by atoms with Gasteiger partial charge in [-0.25, -0.2) is 0 Å². The number of rotatable bonds is 3. The van der Waals surface area contributed by atoms with Gasteiger partial charge in [0.05, 0.1) is 0 Å². The second-order valence-corrected chi connectivity index (χ2v) is 3.11. The van der Waals surface area contributed by atoms with Gasteiger partial charge in [0.25, 0.3) is 0 Å². The van der Waals surface area contributed by atoms with Crippen molar-refractivity contribution in [3.05, 3.63) is 34.9 Å². The minimum atomic E-state index is -0.0382. The Morgan fingerprint density at radius 2 is 2.00 bits per heavy atom. The summed E-state index contributed by atoms with van der Waals surface area (Å²) < 4.78 is 0. The van der Waals surface area contributed by atoms with E-state index >= 15 is 0 Å². The van der Waals surface area contributed by atoms with Crippen LogP contribution in [0, 0.1) is 0 Å². The summed E-state index contributed by atoms with van der Waals surface area (Å²) in [7, 11) is 0. The van der Waals surface area contributed by atoms with E-state index in [9.17, 15) is 0 Å². The number of nitrogens with two attached hydrogens (primary N) is 2. The van der Waals surface area contributed by atoms with Gasteiger partial charge in [-0.2, -0.15) is 0 Å². The highest BCUT2D eigenvalue weighted by Crippen LogP contribution is 2.22. The maximum Gasteiger partial charge on any atom is 0.0453 e. The first-order chi connectivity index (χ1) is 5.75. The summed E-state index contributed by atoms with van der Waals surface area (Å²) in [6, 6.07) is 7.55. The second-order valence-electron chi connectivity index (χ2n) is 2.71. The summed E-state index contributed by atoms with van der Waals surface area (Å²) in [6.07, 6.45) is 0.768. The molecule has 2 nitrogen and oxygen atoms in total. The van der Waals surface area contributed by atoms with Crippen LogP contribution in [0.3, 0.4) is 0 Å². The van der Waals surface area contributed by atoms with Crippen molar-refractivity contribution in [3.8, 4) is 0 Å². The topological polar surface area (TPSA) is 52.0 Å².